The summed E-state index contributed by atoms with van der Waals surface area (Å²) in [6, 6.07) is 6.74. The Balaban J connectivity index is 1.87. The van der Waals surface area contributed by atoms with Crippen molar-refractivity contribution in [1.82, 2.24) is 14.8 Å². The summed E-state index contributed by atoms with van der Waals surface area (Å²) in [5, 5.41) is 17.3. The number of hydrogen-bond donors (Lipinski definition) is 2. The van der Waals surface area contributed by atoms with Gasteiger partial charge in [-0.1, -0.05) is 13.8 Å². The summed E-state index contributed by atoms with van der Waals surface area (Å²) >= 11 is 0. The van der Waals surface area contributed by atoms with Gasteiger partial charge in [0.05, 0.1) is 24.9 Å². The summed E-state index contributed by atoms with van der Waals surface area (Å²) in [5.74, 6) is -1.99. The van der Waals surface area contributed by atoms with Gasteiger partial charge in [-0.15, -0.1) is 0 Å². The van der Waals surface area contributed by atoms with Crippen LogP contribution in [0.25, 0.3) is 27.5 Å². The first-order valence-corrected chi connectivity index (χ1v) is 11.9. The quantitative estimate of drug-likeness (QED) is 0.374. The van der Waals surface area contributed by atoms with Crippen molar-refractivity contribution in [2.45, 2.75) is 51.0 Å². The predicted octanol–water partition coefficient (Wildman–Crippen LogP) is 5.36. The summed E-state index contributed by atoms with van der Waals surface area (Å²) in [7, 11) is 1.62. The molecule has 2 aromatic carbocycles. The number of aromatic amines is 1. The number of carboxylic acids is 1. The van der Waals surface area contributed by atoms with Crippen LogP contribution in [0, 0.1) is 18.6 Å². The van der Waals surface area contributed by atoms with Gasteiger partial charge in [0.1, 0.15) is 11.3 Å². The van der Waals surface area contributed by atoms with E-state index in [9.17, 15) is 14.3 Å². The minimum atomic E-state index is -0.997. The molecule has 1 aliphatic rings. The Morgan fingerprint density at radius 1 is 1.31 bits per heavy atom. The number of hydrogen-bond acceptors (Lipinski definition) is 4. The zero-order valence-corrected chi connectivity index (χ0v) is 20.7. The number of aryl methyl sites for hydroxylation is 1. The van der Waals surface area contributed by atoms with E-state index in [-0.39, 0.29) is 18.3 Å². The second-order valence-electron chi connectivity index (χ2n) is 10.2. The fraction of sp³-hybridized carbons (Fsp3) is 0.407. The third-order valence-electron chi connectivity index (χ3n) is 7.15. The first-order chi connectivity index (χ1) is 17.1. The molecule has 0 saturated carbocycles. The second-order valence-corrected chi connectivity index (χ2v) is 10.2. The van der Waals surface area contributed by atoms with Gasteiger partial charge in [-0.05, 0) is 55.2 Å². The van der Waals surface area contributed by atoms with E-state index < -0.39 is 23.3 Å². The number of ether oxygens (including phenoxy) is 2. The van der Waals surface area contributed by atoms with Gasteiger partial charge in [-0.2, -0.15) is 5.10 Å². The molecule has 2 aromatic heterocycles. The third kappa shape index (κ3) is 3.87. The van der Waals surface area contributed by atoms with E-state index >= 15 is 4.39 Å². The van der Waals surface area contributed by atoms with Crippen molar-refractivity contribution >= 4 is 27.8 Å². The second kappa shape index (κ2) is 8.97. The molecule has 1 aliphatic heterocycles. The van der Waals surface area contributed by atoms with Crippen molar-refractivity contribution < 1.29 is 28.2 Å². The summed E-state index contributed by atoms with van der Waals surface area (Å²) in [6.07, 6.45) is 1.54. The molecule has 4 aromatic rings. The number of halogens is 2. The summed E-state index contributed by atoms with van der Waals surface area (Å²) < 4.78 is 43.8. The zero-order valence-electron chi connectivity index (χ0n) is 20.7. The van der Waals surface area contributed by atoms with Crippen LogP contribution < -0.4 is 0 Å². The van der Waals surface area contributed by atoms with Crippen LogP contribution in [0.1, 0.15) is 49.4 Å². The maximum absolute atomic E-state index is 16.2. The maximum atomic E-state index is 16.2. The minimum Gasteiger partial charge on any atom is -0.479 e. The normalized spacial score (nSPS) is 18.8. The highest BCUT2D eigenvalue weighted by molar-refractivity contribution is 6.00. The Labute approximate surface area is 207 Å². The lowest BCUT2D eigenvalue weighted by Crippen LogP contribution is -2.33. The molecule has 0 radical (unpaired) electrons. The predicted molar refractivity (Wildman–Crippen MR) is 132 cm³/mol. The fourth-order valence-electron chi connectivity index (χ4n) is 5.53. The number of carbonyl (C=O) groups is 1. The van der Waals surface area contributed by atoms with E-state index in [0.29, 0.717) is 52.5 Å². The Morgan fingerprint density at radius 2 is 2.08 bits per heavy atom. The van der Waals surface area contributed by atoms with E-state index in [0.717, 1.165) is 11.3 Å². The molecule has 9 heteroatoms. The van der Waals surface area contributed by atoms with Crippen molar-refractivity contribution in [3.63, 3.8) is 0 Å². The zero-order chi connectivity index (χ0) is 25.8. The van der Waals surface area contributed by atoms with Crippen molar-refractivity contribution in [2.24, 2.45) is 0 Å². The smallest absolute Gasteiger partial charge is 0.332 e. The van der Waals surface area contributed by atoms with Crippen molar-refractivity contribution in [3.05, 3.63) is 58.9 Å². The molecule has 5 rings (SSSR count). The Bertz CT molecular complexity index is 1470. The molecule has 3 heterocycles. The topological polar surface area (TPSA) is 89.4 Å². The van der Waals surface area contributed by atoms with Crippen molar-refractivity contribution in [1.29, 1.82) is 0 Å². The molecule has 0 aliphatic carbocycles. The van der Waals surface area contributed by atoms with Crippen molar-refractivity contribution in [2.75, 3.05) is 20.3 Å². The number of methoxy groups -OCH3 is 1. The largest absolute Gasteiger partial charge is 0.479 e. The highest BCUT2D eigenvalue weighted by Gasteiger charge is 2.38. The highest BCUT2D eigenvalue weighted by Crippen LogP contribution is 2.46. The molecular weight excluding hydrogens is 468 g/mol. The van der Waals surface area contributed by atoms with Crippen molar-refractivity contribution in [3.8, 4) is 5.69 Å². The maximum Gasteiger partial charge on any atom is 0.332 e. The molecule has 190 valence electrons. The van der Waals surface area contributed by atoms with E-state index in [1.54, 1.807) is 32.4 Å². The monoisotopic (exact) mass is 497 g/mol. The average Bonchev–Trinajstić information content (AvgIpc) is 3.45. The Hall–Kier alpha value is -3.30. The number of aliphatic carboxylic acids is 1. The first kappa shape index (κ1) is 24.4. The van der Waals surface area contributed by atoms with Gasteiger partial charge in [0.2, 0.25) is 0 Å². The van der Waals surface area contributed by atoms with Crippen LogP contribution in [-0.4, -0.2) is 52.3 Å². The lowest BCUT2D eigenvalue weighted by atomic mass is 9.80. The molecule has 1 fully saturated rings. The number of rotatable bonds is 6. The molecule has 0 bridgehead atoms. The molecule has 1 saturated heterocycles. The van der Waals surface area contributed by atoms with E-state index in [1.165, 1.54) is 6.07 Å². The summed E-state index contributed by atoms with van der Waals surface area (Å²) in [5.41, 5.74) is 3.11. The van der Waals surface area contributed by atoms with Crippen LogP contribution in [0.3, 0.4) is 0 Å². The molecule has 2 N–H and O–H groups in total. The average molecular weight is 498 g/mol. The number of H-pyrrole nitrogens is 1. The van der Waals surface area contributed by atoms with Crippen LogP contribution in [0.15, 0.2) is 30.5 Å². The molecule has 7 nitrogen and oxygen atoms in total. The van der Waals surface area contributed by atoms with E-state index in [2.05, 4.69) is 10.2 Å². The van der Waals surface area contributed by atoms with Gasteiger partial charge in [-0.25, -0.2) is 13.6 Å². The van der Waals surface area contributed by atoms with Gasteiger partial charge >= 0.3 is 5.97 Å². The highest BCUT2D eigenvalue weighted by atomic mass is 19.1. The number of aromatic nitrogens is 3. The van der Waals surface area contributed by atoms with Gasteiger partial charge in [0.15, 0.2) is 11.9 Å². The third-order valence-corrected chi connectivity index (χ3v) is 7.15. The van der Waals surface area contributed by atoms with Gasteiger partial charge in [0, 0.05) is 40.6 Å². The van der Waals surface area contributed by atoms with Crippen LogP contribution in [0.5, 0.6) is 0 Å². The number of nitrogens with zero attached hydrogens (tertiary/aromatic N) is 2. The summed E-state index contributed by atoms with van der Waals surface area (Å²) in [4.78, 5) is 11.5. The SMILES string of the molecule is COCC(C)(C)c1c([C@@H]2CCC(C(=O)O)OC2)c2c(F)c3[nH]ncc3cc2n1-c1ccc(F)c(C)c1. The number of benzene rings is 2. The Kier molecular flexibility index (Phi) is 6.08. The number of carboxylic acid groups (broad SMARTS) is 1. The van der Waals surface area contributed by atoms with Gasteiger partial charge in [-0.3, -0.25) is 5.10 Å². The lowest BCUT2D eigenvalue weighted by Gasteiger charge is -2.32. The van der Waals surface area contributed by atoms with Gasteiger partial charge in [0.25, 0.3) is 0 Å². The molecular formula is C27H29F2N3O4. The van der Waals surface area contributed by atoms with Gasteiger partial charge < -0.3 is 19.1 Å². The minimum absolute atomic E-state index is 0.148. The first-order valence-electron chi connectivity index (χ1n) is 11.9. The van der Waals surface area contributed by atoms with Crippen LogP contribution in [0.4, 0.5) is 8.78 Å². The van der Waals surface area contributed by atoms with Crippen LogP contribution in [-0.2, 0) is 19.7 Å². The molecule has 0 amide bonds. The molecule has 2 atom stereocenters. The number of fused-ring (bicyclic) bond motifs is 2. The Morgan fingerprint density at radius 3 is 2.72 bits per heavy atom. The lowest BCUT2D eigenvalue weighted by molar-refractivity contribution is -0.153. The fourth-order valence-corrected chi connectivity index (χ4v) is 5.53. The molecule has 1 unspecified atom stereocenters. The van der Waals surface area contributed by atoms with Crippen LogP contribution >= 0.6 is 0 Å². The number of nitrogens with one attached hydrogen (secondary N) is 1. The summed E-state index contributed by atoms with van der Waals surface area (Å²) in [6.45, 7) is 6.24. The molecule has 0 spiro atoms. The van der Waals surface area contributed by atoms with E-state index in [4.69, 9.17) is 9.47 Å². The van der Waals surface area contributed by atoms with E-state index in [1.807, 2.05) is 24.5 Å². The standard InChI is InChI=1S/C27H29F2N3O4/c1-14-9-17(6-7-18(14)28)32-19-10-16-11-30-31-24(16)23(29)22(19)21(25(32)27(2,3)13-35-4)15-5-8-20(26(33)34)36-12-15/h6-7,9-11,15,20H,5,8,12-13H2,1-4H3,(H,30,31)(H,33,34)/t15-,20?/m1/s1. The molecule has 36 heavy (non-hydrogen) atoms. The van der Waals surface area contributed by atoms with Crippen LogP contribution in [0.2, 0.25) is 0 Å².